The van der Waals surface area contributed by atoms with E-state index >= 15 is 0 Å². The van der Waals surface area contributed by atoms with E-state index in [2.05, 4.69) is 15.5 Å². The van der Waals surface area contributed by atoms with Crippen molar-refractivity contribution in [2.75, 3.05) is 5.43 Å². The second-order valence-electron chi connectivity index (χ2n) is 4.32. The fraction of sp³-hybridized carbons (Fsp3) is 0. The van der Waals surface area contributed by atoms with Gasteiger partial charge < -0.3 is 4.42 Å². The van der Waals surface area contributed by atoms with E-state index in [9.17, 15) is 5.26 Å². The zero-order valence-electron chi connectivity index (χ0n) is 11.0. The van der Waals surface area contributed by atoms with Gasteiger partial charge in [0.2, 0.25) is 5.71 Å². The molecule has 3 aromatic rings. The summed E-state index contributed by atoms with van der Waals surface area (Å²) in [5.41, 5.74) is 4.58. The molecule has 5 nitrogen and oxygen atoms in total. The van der Waals surface area contributed by atoms with Crippen LogP contribution in [0.4, 0.5) is 5.69 Å². The highest BCUT2D eigenvalue weighted by Gasteiger charge is 2.12. The third-order valence-electron chi connectivity index (χ3n) is 2.80. The predicted octanol–water partition coefficient (Wildman–Crippen LogP) is 4.47. The lowest BCUT2D eigenvalue weighted by atomic mass is 10.3. The number of hydrogen-bond donors (Lipinski definition) is 1. The monoisotopic (exact) mass is 330 g/mol. The number of benzene rings is 2. The number of halogens is 2. The Balaban J connectivity index is 1.90. The minimum absolute atomic E-state index is 0.0299. The molecule has 0 amide bonds. The van der Waals surface area contributed by atoms with Gasteiger partial charge in [0.15, 0.2) is 5.58 Å². The number of anilines is 1. The molecule has 1 heterocycles. The highest BCUT2D eigenvalue weighted by atomic mass is 35.5. The van der Waals surface area contributed by atoms with E-state index in [-0.39, 0.29) is 11.6 Å². The van der Waals surface area contributed by atoms with Crippen molar-refractivity contribution in [3.05, 3.63) is 58.4 Å². The second-order valence-corrected chi connectivity index (χ2v) is 5.19. The summed E-state index contributed by atoms with van der Waals surface area (Å²) in [4.78, 5) is 4.21. The van der Waals surface area contributed by atoms with Crippen LogP contribution in [-0.4, -0.2) is 10.7 Å². The van der Waals surface area contributed by atoms with Crippen molar-refractivity contribution in [3.8, 4) is 6.07 Å². The average molecular weight is 331 g/mol. The first-order valence-corrected chi connectivity index (χ1v) is 6.97. The number of nitrogens with one attached hydrogen (secondary N) is 1. The Hall–Kier alpha value is -2.55. The molecule has 7 heteroatoms. The molecular formula is C15H8Cl2N4O. The maximum Gasteiger partial charge on any atom is 0.259 e. The summed E-state index contributed by atoms with van der Waals surface area (Å²) in [7, 11) is 0. The molecule has 0 unspecified atom stereocenters. The van der Waals surface area contributed by atoms with E-state index in [1.165, 1.54) is 0 Å². The highest BCUT2D eigenvalue weighted by molar-refractivity contribution is 6.31. The molecule has 0 fully saturated rings. The van der Waals surface area contributed by atoms with Crippen LogP contribution in [0.3, 0.4) is 0 Å². The van der Waals surface area contributed by atoms with Crippen LogP contribution >= 0.6 is 23.2 Å². The van der Waals surface area contributed by atoms with Gasteiger partial charge in [-0.1, -0.05) is 23.2 Å². The van der Waals surface area contributed by atoms with E-state index < -0.39 is 0 Å². The van der Waals surface area contributed by atoms with Crippen LogP contribution < -0.4 is 5.43 Å². The molecule has 0 aliphatic rings. The van der Waals surface area contributed by atoms with E-state index in [0.29, 0.717) is 26.8 Å². The van der Waals surface area contributed by atoms with Gasteiger partial charge in [-0.05, 0) is 42.5 Å². The van der Waals surface area contributed by atoms with Crippen LogP contribution in [0, 0.1) is 11.3 Å². The third kappa shape index (κ3) is 3.03. The number of fused-ring (bicyclic) bond motifs is 1. The molecule has 0 aliphatic carbocycles. The van der Waals surface area contributed by atoms with Crippen LogP contribution in [0.25, 0.3) is 11.1 Å². The van der Waals surface area contributed by atoms with Gasteiger partial charge in [0.05, 0.1) is 5.69 Å². The normalized spacial score (nSPS) is 11.4. The number of oxazole rings is 1. The SMILES string of the molecule is N#C/C(=N\Nc1ccc(Cl)cc1)c1nc2cc(Cl)ccc2o1. The molecule has 0 bridgehead atoms. The van der Waals surface area contributed by atoms with Gasteiger partial charge in [-0.2, -0.15) is 10.4 Å². The van der Waals surface area contributed by atoms with Crippen molar-refractivity contribution in [2.24, 2.45) is 5.10 Å². The summed E-state index contributed by atoms with van der Waals surface area (Å²) in [5, 5.41) is 14.4. The Bertz CT molecular complexity index is 894. The lowest BCUT2D eigenvalue weighted by Gasteiger charge is -1.99. The quantitative estimate of drug-likeness (QED) is 0.567. The molecule has 0 atom stereocenters. The fourth-order valence-electron chi connectivity index (χ4n) is 1.77. The Morgan fingerprint density at radius 1 is 1.14 bits per heavy atom. The topological polar surface area (TPSA) is 74.2 Å². The largest absolute Gasteiger partial charge is 0.434 e. The lowest BCUT2D eigenvalue weighted by molar-refractivity contribution is 0.591. The lowest BCUT2D eigenvalue weighted by Crippen LogP contribution is -2.02. The second kappa shape index (κ2) is 6.06. The minimum atomic E-state index is 0.0299. The molecule has 3 rings (SSSR count). The van der Waals surface area contributed by atoms with Gasteiger partial charge in [0, 0.05) is 10.0 Å². The van der Waals surface area contributed by atoms with Crippen LogP contribution in [0.5, 0.6) is 0 Å². The first kappa shape index (κ1) is 14.4. The van der Waals surface area contributed by atoms with Crippen LogP contribution in [0.1, 0.15) is 5.89 Å². The predicted molar refractivity (Wildman–Crippen MR) is 86.2 cm³/mol. The minimum Gasteiger partial charge on any atom is -0.434 e. The van der Waals surface area contributed by atoms with E-state index in [0.717, 1.165) is 0 Å². The first-order valence-electron chi connectivity index (χ1n) is 6.21. The van der Waals surface area contributed by atoms with Crippen molar-refractivity contribution < 1.29 is 4.42 Å². The number of hydrazone groups is 1. The summed E-state index contributed by atoms with van der Waals surface area (Å²) in [6.07, 6.45) is 0. The number of aromatic nitrogens is 1. The van der Waals surface area contributed by atoms with E-state index in [4.69, 9.17) is 27.6 Å². The standard InChI is InChI=1S/C15H8Cl2N4O/c16-9-1-4-11(5-2-9)20-21-13(8-18)15-19-12-7-10(17)3-6-14(12)22-15/h1-7,20H/b21-13+. The highest BCUT2D eigenvalue weighted by Crippen LogP contribution is 2.20. The van der Waals surface area contributed by atoms with E-state index in [1.807, 2.05) is 6.07 Å². The average Bonchev–Trinajstić information content (AvgIpc) is 2.92. The van der Waals surface area contributed by atoms with E-state index in [1.54, 1.807) is 42.5 Å². The van der Waals surface area contributed by atoms with Crippen molar-refractivity contribution in [2.45, 2.75) is 0 Å². The molecule has 1 N–H and O–H groups in total. The number of rotatable bonds is 3. The van der Waals surface area contributed by atoms with Crippen LogP contribution in [0.15, 0.2) is 52.0 Å². The van der Waals surface area contributed by atoms with Gasteiger partial charge in [0.1, 0.15) is 11.6 Å². The van der Waals surface area contributed by atoms with Crippen molar-refractivity contribution in [1.82, 2.24) is 4.98 Å². The molecule has 1 aromatic heterocycles. The zero-order valence-corrected chi connectivity index (χ0v) is 12.6. The Morgan fingerprint density at radius 2 is 1.86 bits per heavy atom. The summed E-state index contributed by atoms with van der Waals surface area (Å²) >= 11 is 11.7. The Kier molecular flexibility index (Phi) is 3.96. The maximum atomic E-state index is 9.21. The van der Waals surface area contributed by atoms with Crippen molar-refractivity contribution in [3.63, 3.8) is 0 Å². The fourth-order valence-corrected chi connectivity index (χ4v) is 2.06. The zero-order chi connectivity index (χ0) is 15.5. The number of nitrogens with zero attached hydrogens (tertiary/aromatic N) is 3. The van der Waals surface area contributed by atoms with Gasteiger partial charge in [-0.15, -0.1) is 0 Å². The molecule has 0 saturated carbocycles. The van der Waals surface area contributed by atoms with Crippen molar-refractivity contribution >= 4 is 45.7 Å². The van der Waals surface area contributed by atoms with Gasteiger partial charge in [-0.3, -0.25) is 5.43 Å². The molecule has 0 saturated heterocycles. The summed E-state index contributed by atoms with van der Waals surface area (Å²) < 4.78 is 5.50. The number of nitriles is 1. The molecular weight excluding hydrogens is 323 g/mol. The molecule has 108 valence electrons. The smallest absolute Gasteiger partial charge is 0.259 e. The molecule has 22 heavy (non-hydrogen) atoms. The maximum absolute atomic E-state index is 9.21. The molecule has 0 aliphatic heterocycles. The summed E-state index contributed by atoms with van der Waals surface area (Å²) in [5.74, 6) is 0.126. The van der Waals surface area contributed by atoms with Gasteiger partial charge in [0.25, 0.3) is 5.89 Å². The Morgan fingerprint density at radius 3 is 2.59 bits per heavy atom. The summed E-state index contributed by atoms with van der Waals surface area (Å²) in [6.45, 7) is 0. The molecule has 0 radical (unpaired) electrons. The Labute approximate surface area is 135 Å². The number of hydrogen-bond acceptors (Lipinski definition) is 5. The molecule has 2 aromatic carbocycles. The first-order chi connectivity index (χ1) is 10.7. The summed E-state index contributed by atoms with van der Waals surface area (Å²) in [6, 6.07) is 13.9. The van der Waals surface area contributed by atoms with Gasteiger partial charge >= 0.3 is 0 Å². The van der Waals surface area contributed by atoms with Crippen LogP contribution in [0.2, 0.25) is 10.0 Å². The molecule has 0 spiro atoms. The van der Waals surface area contributed by atoms with Crippen molar-refractivity contribution in [1.29, 1.82) is 5.26 Å². The van der Waals surface area contributed by atoms with Crippen LogP contribution in [-0.2, 0) is 0 Å². The third-order valence-corrected chi connectivity index (χ3v) is 3.29. The van der Waals surface area contributed by atoms with Gasteiger partial charge in [-0.25, -0.2) is 4.98 Å².